The van der Waals surface area contributed by atoms with Gasteiger partial charge in [-0.25, -0.2) is 4.57 Å². The van der Waals surface area contributed by atoms with Gasteiger partial charge in [0.2, 0.25) is 0 Å². The van der Waals surface area contributed by atoms with Crippen molar-refractivity contribution in [2.24, 2.45) is 0 Å². The highest BCUT2D eigenvalue weighted by Crippen LogP contribution is 2.00. The summed E-state index contributed by atoms with van der Waals surface area (Å²) < 4.78 is 2.11. The first-order chi connectivity index (χ1) is 7.59. The predicted molar refractivity (Wildman–Crippen MR) is 62.9 cm³/mol. The lowest BCUT2D eigenvalue weighted by Crippen LogP contribution is -2.39. The first kappa shape index (κ1) is 12.8. The zero-order valence-electron chi connectivity index (χ0n) is 9.65. The van der Waals surface area contributed by atoms with Gasteiger partial charge in [-0.2, -0.15) is 0 Å². The SMILES string of the molecule is [B]c1ccc(C)[n+](CCCCCC(=O)O)c1. The van der Waals surface area contributed by atoms with Crippen LogP contribution in [0.3, 0.4) is 0 Å². The maximum absolute atomic E-state index is 10.3. The van der Waals surface area contributed by atoms with Crippen LogP contribution in [0.1, 0.15) is 31.4 Å². The monoisotopic (exact) mass is 218 g/mol. The van der Waals surface area contributed by atoms with E-state index in [1.54, 1.807) is 0 Å². The Balaban J connectivity index is 2.31. The molecule has 1 N–H and O–H groups in total. The normalized spacial score (nSPS) is 10.3. The average molecular weight is 218 g/mol. The van der Waals surface area contributed by atoms with Crippen LogP contribution in [0.2, 0.25) is 0 Å². The number of hydrogen-bond acceptors (Lipinski definition) is 1. The van der Waals surface area contributed by atoms with E-state index in [9.17, 15) is 4.79 Å². The second-order valence-electron chi connectivity index (χ2n) is 4.00. The van der Waals surface area contributed by atoms with Gasteiger partial charge in [0.1, 0.15) is 14.4 Å². The minimum absolute atomic E-state index is 0.264. The van der Waals surface area contributed by atoms with Crippen LogP contribution >= 0.6 is 0 Å². The fraction of sp³-hybridized carbons (Fsp3) is 0.500. The third-order valence-corrected chi connectivity index (χ3v) is 2.56. The summed E-state index contributed by atoms with van der Waals surface area (Å²) in [7, 11) is 5.70. The Kier molecular flexibility index (Phi) is 5.03. The minimum atomic E-state index is -0.715. The molecule has 16 heavy (non-hydrogen) atoms. The second-order valence-corrected chi connectivity index (χ2v) is 4.00. The van der Waals surface area contributed by atoms with Gasteiger partial charge in [0.25, 0.3) is 0 Å². The molecular formula is C12H17BNO2+. The zero-order valence-corrected chi connectivity index (χ0v) is 9.65. The van der Waals surface area contributed by atoms with E-state index in [1.807, 2.05) is 25.3 Å². The molecule has 0 fully saturated rings. The molecule has 0 unspecified atom stereocenters. The number of nitrogens with zero attached hydrogens (tertiary/aromatic N) is 1. The van der Waals surface area contributed by atoms with Crippen LogP contribution in [-0.4, -0.2) is 18.9 Å². The Morgan fingerprint density at radius 1 is 1.38 bits per heavy atom. The maximum Gasteiger partial charge on any atom is 0.303 e. The average Bonchev–Trinajstić information content (AvgIpc) is 2.22. The Morgan fingerprint density at radius 3 is 2.81 bits per heavy atom. The van der Waals surface area contributed by atoms with Gasteiger partial charge in [0.15, 0.2) is 11.9 Å². The summed E-state index contributed by atoms with van der Waals surface area (Å²) >= 11 is 0. The molecule has 0 bridgehead atoms. The molecule has 0 amide bonds. The number of aromatic nitrogens is 1. The zero-order chi connectivity index (χ0) is 12.0. The number of aliphatic carboxylic acids is 1. The molecule has 0 atom stereocenters. The van der Waals surface area contributed by atoms with Crippen molar-refractivity contribution in [3.63, 3.8) is 0 Å². The van der Waals surface area contributed by atoms with Crippen molar-refractivity contribution in [1.29, 1.82) is 0 Å². The molecule has 1 rings (SSSR count). The highest BCUT2D eigenvalue weighted by Gasteiger charge is 2.05. The van der Waals surface area contributed by atoms with Gasteiger partial charge in [0.05, 0.1) is 0 Å². The summed E-state index contributed by atoms with van der Waals surface area (Å²) in [5, 5.41) is 8.49. The molecule has 0 aliphatic carbocycles. The van der Waals surface area contributed by atoms with E-state index in [2.05, 4.69) is 4.57 Å². The number of rotatable bonds is 6. The van der Waals surface area contributed by atoms with Gasteiger partial charge < -0.3 is 5.11 Å². The van der Waals surface area contributed by atoms with E-state index < -0.39 is 5.97 Å². The number of carboxylic acids is 1. The van der Waals surface area contributed by atoms with Gasteiger partial charge in [-0.05, 0) is 18.3 Å². The fourth-order valence-electron chi connectivity index (χ4n) is 1.61. The number of carboxylic acid groups (broad SMARTS) is 1. The molecule has 0 spiro atoms. The largest absolute Gasteiger partial charge is 0.481 e. The maximum atomic E-state index is 10.3. The van der Waals surface area contributed by atoms with E-state index >= 15 is 0 Å². The van der Waals surface area contributed by atoms with Crippen molar-refractivity contribution in [2.75, 3.05) is 0 Å². The molecule has 3 nitrogen and oxygen atoms in total. The van der Waals surface area contributed by atoms with E-state index in [1.165, 1.54) is 5.69 Å². The van der Waals surface area contributed by atoms with Gasteiger partial charge >= 0.3 is 5.97 Å². The first-order valence-corrected chi connectivity index (χ1v) is 5.57. The summed E-state index contributed by atoms with van der Waals surface area (Å²) in [6.45, 7) is 2.94. The molecule has 0 aliphatic heterocycles. The van der Waals surface area contributed by atoms with Crippen molar-refractivity contribution < 1.29 is 14.5 Å². The Labute approximate surface area is 97.5 Å². The van der Waals surface area contributed by atoms with Gasteiger partial charge in [0, 0.05) is 25.8 Å². The number of aryl methyl sites for hydroxylation is 2. The molecule has 2 radical (unpaired) electrons. The standard InChI is InChI=1S/C12H16BNO2/c1-10-6-7-11(13)9-14(10)8-4-2-3-5-12(15)16/h6-7,9H,2-5,8H2,1H3/p+1. The summed E-state index contributed by atoms with van der Waals surface area (Å²) in [6.07, 6.45) is 4.86. The molecule has 1 aromatic rings. The molecular weight excluding hydrogens is 201 g/mol. The minimum Gasteiger partial charge on any atom is -0.481 e. The Hall–Kier alpha value is -1.32. The lowest BCUT2D eigenvalue weighted by Gasteiger charge is -2.01. The number of carbonyl (C=O) groups is 1. The lowest BCUT2D eigenvalue weighted by molar-refractivity contribution is -0.702. The number of pyridine rings is 1. The van der Waals surface area contributed by atoms with Crippen molar-refractivity contribution in [3.8, 4) is 0 Å². The lowest BCUT2D eigenvalue weighted by atomic mass is 9.98. The van der Waals surface area contributed by atoms with E-state index in [0.29, 0.717) is 0 Å². The molecule has 0 aliphatic rings. The number of unbranched alkanes of at least 4 members (excludes halogenated alkanes) is 2. The summed E-state index contributed by atoms with van der Waals surface area (Å²) in [5.41, 5.74) is 1.93. The highest BCUT2D eigenvalue weighted by atomic mass is 16.4. The van der Waals surface area contributed by atoms with Gasteiger partial charge in [-0.1, -0.05) is 6.07 Å². The third kappa shape index (κ3) is 4.47. The first-order valence-electron chi connectivity index (χ1n) is 5.57. The smallest absolute Gasteiger partial charge is 0.303 e. The Bertz CT molecular complexity index is 366. The molecule has 0 saturated heterocycles. The topological polar surface area (TPSA) is 41.2 Å². The van der Waals surface area contributed by atoms with E-state index in [-0.39, 0.29) is 6.42 Å². The van der Waals surface area contributed by atoms with E-state index in [4.69, 9.17) is 13.0 Å². The summed E-state index contributed by atoms with van der Waals surface area (Å²) in [4.78, 5) is 10.3. The van der Waals surface area contributed by atoms with Crippen LogP contribution in [0.25, 0.3) is 0 Å². The fourth-order valence-corrected chi connectivity index (χ4v) is 1.61. The molecule has 1 heterocycles. The molecule has 84 valence electrons. The summed E-state index contributed by atoms with van der Waals surface area (Å²) in [6, 6.07) is 3.88. The van der Waals surface area contributed by atoms with Crippen LogP contribution < -0.4 is 10.0 Å². The van der Waals surface area contributed by atoms with Crippen LogP contribution in [0, 0.1) is 6.92 Å². The molecule has 4 heteroatoms. The molecule has 0 aromatic carbocycles. The van der Waals surface area contributed by atoms with Crippen LogP contribution in [0.15, 0.2) is 18.3 Å². The number of hydrogen-bond donors (Lipinski definition) is 1. The third-order valence-electron chi connectivity index (χ3n) is 2.56. The molecule has 0 saturated carbocycles. The highest BCUT2D eigenvalue weighted by molar-refractivity contribution is 6.31. The predicted octanol–water partition coefficient (Wildman–Crippen LogP) is 0.721. The molecule has 1 aromatic heterocycles. The van der Waals surface area contributed by atoms with Gasteiger partial charge in [-0.15, -0.1) is 0 Å². The second kappa shape index (κ2) is 6.31. The van der Waals surface area contributed by atoms with Crippen molar-refractivity contribution in [2.45, 2.75) is 39.2 Å². The van der Waals surface area contributed by atoms with Crippen LogP contribution in [-0.2, 0) is 11.3 Å². The quantitative estimate of drug-likeness (QED) is 0.434. The van der Waals surface area contributed by atoms with Crippen LogP contribution in [0.4, 0.5) is 0 Å². The van der Waals surface area contributed by atoms with Crippen molar-refractivity contribution in [1.82, 2.24) is 0 Å². The Morgan fingerprint density at radius 2 is 2.12 bits per heavy atom. The van der Waals surface area contributed by atoms with Crippen molar-refractivity contribution in [3.05, 3.63) is 24.0 Å². The van der Waals surface area contributed by atoms with Crippen molar-refractivity contribution >= 4 is 19.3 Å². The van der Waals surface area contributed by atoms with Crippen LogP contribution in [0.5, 0.6) is 0 Å². The van der Waals surface area contributed by atoms with E-state index in [0.717, 1.165) is 31.3 Å². The summed E-state index contributed by atoms with van der Waals surface area (Å²) in [5.74, 6) is -0.715. The van der Waals surface area contributed by atoms with Gasteiger partial charge in [-0.3, -0.25) is 4.79 Å².